The summed E-state index contributed by atoms with van der Waals surface area (Å²) in [4.78, 5) is 10.8. The lowest BCUT2D eigenvalue weighted by Gasteiger charge is -2.11. The van der Waals surface area contributed by atoms with Gasteiger partial charge in [-0.1, -0.05) is 0 Å². The second-order valence-corrected chi connectivity index (χ2v) is 3.27. The molecular formula is C8H12N2O2. The minimum absolute atomic E-state index is 0.0644. The van der Waals surface area contributed by atoms with Crippen LogP contribution in [-0.2, 0) is 4.79 Å². The van der Waals surface area contributed by atoms with E-state index in [1.165, 1.54) is 0 Å². The molecule has 0 aliphatic heterocycles. The third-order valence-corrected chi connectivity index (χ3v) is 2.19. The van der Waals surface area contributed by atoms with Crippen LogP contribution in [0, 0.1) is 16.7 Å². The number of carbonyl (C=O) groups excluding carboxylic acids is 1. The molecule has 0 heterocycles. The molecule has 0 radical (unpaired) electrons. The van der Waals surface area contributed by atoms with Crippen molar-refractivity contribution < 1.29 is 9.90 Å². The number of amides is 1. The number of hydrogen-bond acceptors (Lipinski definition) is 3. The Kier molecular flexibility index (Phi) is 2.66. The first kappa shape index (κ1) is 9.01. The van der Waals surface area contributed by atoms with E-state index >= 15 is 0 Å². The molecule has 0 aromatic carbocycles. The van der Waals surface area contributed by atoms with E-state index in [0.717, 1.165) is 12.8 Å². The maximum absolute atomic E-state index is 10.8. The van der Waals surface area contributed by atoms with Crippen LogP contribution in [0.1, 0.15) is 19.3 Å². The van der Waals surface area contributed by atoms with Gasteiger partial charge in [-0.05, 0) is 12.8 Å². The maximum Gasteiger partial charge on any atom is 0.234 e. The molecule has 1 fully saturated rings. The van der Waals surface area contributed by atoms with Crippen molar-refractivity contribution in [2.24, 2.45) is 5.41 Å². The van der Waals surface area contributed by atoms with Gasteiger partial charge in [0.15, 0.2) is 0 Å². The van der Waals surface area contributed by atoms with E-state index in [1.807, 2.05) is 0 Å². The zero-order valence-corrected chi connectivity index (χ0v) is 6.84. The number of nitrogens with zero attached hydrogens (tertiary/aromatic N) is 1. The Bertz CT molecular complexity index is 216. The second-order valence-electron chi connectivity index (χ2n) is 3.27. The van der Waals surface area contributed by atoms with Gasteiger partial charge in [-0.25, -0.2) is 0 Å². The van der Waals surface area contributed by atoms with E-state index in [1.54, 1.807) is 6.07 Å². The molecule has 0 atom stereocenters. The fourth-order valence-corrected chi connectivity index (χ4v) is 0.988. The number of carbonyl (C=O) groups is 1. The van der Waals surface area contributed by atoms with E-state index in [-0.39, 0.29) is 24.3 Å². The van der Waals surface area contributed by atoms with E-state index in [2.05, 4.69) is 5.32 Å². The number of aliphatic hydroxyl groups is 1. The van der Waals surface area contributed by atoms with Crippen LogP contribution in [0.4, 0.5) is 0 Å². The average molecular weight is 168 g/mol. The van der Waals surface area contributed by atoms with Crippen LogP contribution in [0.25, 0.3) is 0 Å². The number of rotatable bonds is 4. The Morgan fingerprint density at radius 2 is 2.33 bits per heavy atom. The normalized spacial score (nSPS) is 18.0. The van der Waals surface area contributed by atoms with Crippen LogP contribution in [0.15, 0.2) is 0 Å². The quantitative estimate of drug-likeness (QED) is 0.610. The average Bonchev–Trinajstić information content (AvgIpc) is 2.82. The Morgan fingerprint density at radius 1 is 1.67 bits per heavy atom. The van der Waals surface area contributed by atoms with Crippen molar-refractivity contribution in [3.05, 3.63) is 0 Å². The molecule has 1 aliphatic rings. The molecule has 1 aliphatic carbocycles. The number of hydrogen-bond donors (Lipinski definition) is 2. The molecule has 0 unspecified atom stereocenters. The lowest BCUT2D eigenvalue weighted by atomic mass is 10.1. The van der Waals surface area contributed by atoms with Gasteiger partial charge in [0.05, 0.1) is 12.7 Å². The zero-order chi connectivity index (χ0) is 9.03. The molecule has 0 saturated heterocycles. The number of nitriles is 1. The van der Waals surface area contributed by atoms with Crippen LogP contribution < -0.4 is 5.32 Å². The van der Waals surface area contributed by atoms with Gasteiger partial charge in [-0.15, -0.1) is 0 Å². The summed E-state index contributed by atoms with van der Waals surface area (Å²) < 4.78 is 0. The number of nitrogens with one attached hydrogen (secondary N) is 1. The molecule has 1 amide bonds. The molecule has 1 rings (SSSR count). The summed E-state index contributed by atoms with van der Waals surface area (Å²) >= 11 is 0. The fraction of sp³-hybridized carbons (Fsp3) is 0.750. The standard InChI is InChI=1S/C8H12N2O2/c9-4-1-7(12)10-5-8(6-11)2-3-8/h11H,1-3,5-6H2,(H,10,12). The smallest absolute Gasteiger partial charge is 0.234 e. The van der Waals surface area contributed by atoms with Gasteiger partial charge in [0, 0.05) is 12.0 Å². The molecule has 66 valence electrons. The van der Waals surface area contributed by atoms with Crippen LogP contribution >= 0.6 is 0 Å². The lowest BCUT2D eigenvalue weighted by Crippen LogP contribution is -2.31. The van der Waals surface area contributed by atoms with E-state index in [0.29, 0.717) is 6.54 Å². The predicted molar refractivity (Wildman–Crippen MR) is 42.0 cm³/mol. The van der Waals surface area contributed by atoms with Gasteiger partial charge in [0.2, 0.25) is 5.91 Å². The van der Waals surface area contributed by atoms with Crippen molar-refractivity contribution in [1.29, 1.82) is 5.26 Å². The summed E-state index contributed by atoms with van der Waals surface area (Å²) in [6.07, 6.45) is 1.84. The van der Waals surface area contributed by atoms with Crippen molar-refractivity contribution in [3.8, 4) is 6.07 Å². The van der Waals surface area contributed by atoms with Crippen LogP contribution in [-0.4, -0.2) is 24.2 Å². The highest BCUT2D eigenvalue weighted by atomic mass is 16.3. The topological polar surface area (TPSA) is 73.1 Å². The Morgan fingerprint density at radius 3 is 2.75 bits per heavy atom. The molecule has 12 heavy (non-hydrogen) atoms. The SMILES string of the molecule is N#CCC(=O)NCC1(CO)CC1. The first-order valence-electron chi connectivity index (χ1n) is 3.97. The second kappa shape index (κ2) is 3.55. The predicted octanol–water partition coefficient (Wildman–Crippen LogP) is -0.211. The lowest BCUT2D eigenvalue weighted by molar-refractivity contribution is -0.120. The summed E-state index contributed by atoms with van der Waals surface area (Å²) in [5.74, 6) is -0.253. The van der Waals surface area contributed by atoms with Gasteiger partial charge in [0.25, 0.3) is 0 Å². The third-order valence-electron chi connectivity index (χ3n) is 2.19. The Hall–Kier alpha value is -1.08. The van der Waals surface area contributed by atoms with E-state index in [4.69, 9.17) is 10.4 Å². The van der Waals surface area contributed by atoms with Crippen LogP contribution in [0.5, 0.6) is 0 Å². The molecule has 4 nitrogen and oxygen atoms in total. The summed E-state index contributed by atoms with van der Waals surface area (Å²) in [6.45, 7) is 0.629. The Balaban J connectivity index is 2.18. The highest BCUT2D eigenvalue weighted by Gasteiger charge is 2.41. The Labute approximate surface area is 71.2 Å². The first-order chi connectivity index (χ1) is 5.72. The van der Waals surface area contributed by atoms with E-state index in [9.17, 15) is 4.79 Å². The summed E-state index contributed by atoms with van der Waals surface area (Å²) in [6, 6.07) is 1.77. The zero-order valence-electron chi connectivity index (χ0n) is 6.84. The van der Waals surface area contributed by atoms with Crippen LogP contribution in [0.2, 0.25) is 0 Å². The van der Waals surface area contributed by atoms with Gasteiger partial charge in [0.1, 0.15) is 6.42 Å². The van der Waals surface area contributed by atoms with Crippen molar-refractivity contribution in [3.63, 3.8) is 0 Å². The molecule has 1 saturated carbocycles. The monoisotopic (exact) mass is 168 g/mol. The molecule has 0 bridgehead atoms. The van der Waals surface area contributed by atoms with Crippen LogP contribution in [0.3, 0.4) is 0 Å². The molecule has 0 spiro atoms. The van der Waals surface area contributed by atoms with Crippen molar-refractivity contribution in [2.75, 3.05) is 13.2 Å². The summed E-state index contributed by atoms with van der Waals surface area (Å²) in [5, 5.41) is 19.7. The van der Waals surface area contributed by atoms with Gasteiger partial charge < -0.3 is 10.4 Å². The number of aliphatic hydroxyl groups excluding tert-OH is 1. The van der Waals surface area contributed by atoms with Crippen molar-refractivity contribution in [2.45, 2.75) is 19.3 Å². The molecular weight excluding hydrogens is 156 g/mol. The molecule has 2 N–H and O–H groups in total. The summed E-state index contributed by atoms with van der Waals surface area (Å²) in [5.41, 5.74) is -0.0644. The largest absolute Gasteiger partial charge is 0.396 e. The minimum Gasteiger partial charge on any atom is -0.396 e. The van der Waals surface area contributed by atoms with Gasteiger partial charge >= 0.3 is 0 Å². The molecule has 0 aromatic rings. The summed E-state index contributed by atoms with van der Waals surface area (Å²) in [7, 11) is 0. The highest BCUT2D eigenvalue weighted by Crippen LogP contribution is 2.44. The molecule has 0 aromatic heterocycles. The molecule has 4 heteroatoms. The fourth-order valence-electron chi connectivity index (χ4n) is 0.988. The van der Waals surface area contributed by atoms with Crippen molar-refractivity contribution >= 4 is 5.91 Å². The maximum atomic E-state index is 10.8. The van der Waals surface area contributed by atoms with E-state index < -0.39 is 0 Å². The minimum atomic E-state index is -0.253. The van der Waals surface area contributed by atoms with Crippen molar-refractivity contribution in [1.82, 2.24) is 5.32 Å². The van der Waals surface area contributed by atoms with Gasteiger partial charge in [-0.2, -0.15) is 5.26 Å². The third kappa shape index (κ3) is 2.21. The highest BCUT2D eigenvalue weighted by molar-refractivity contribution is 5.78. The first-order valence-corrected chi connectivity index (χ1v) is 3.97. The van der Waals surface area contributed by atoms with Gasteiger partial charge in [-0.3, -0.25) is 4.79 Å².